The summed E-state index contributed by atoms with van der Waals surface area (Å²) in [5.41, 5.74) is 0.308. The van der Waals surface area contributed by atoms with Gasteiger partial charge in [-0.25, -0.2) is 16.8 Å². The van der Waals surface area contributed by atoms with Crippen molar-refractivity contribution in [3.63, 3.8) is 0 Å². The van der Waals surface area contributed by atoms with Crippen LogP contribution in [0.25, 0.3) is 10.7 Å². The van der Waals surface area contributed by atoms with E-state index in [1.165, 1.54) is 39.2 Å². The van der Waals surface area contributed by atoms with Crippen LogP contribution < -0.4 is 4.31 Å². The van der Waals surface area contributed by atoms with Crippen LogP contribution >= 0.6 is 23.2 Å². The Morgan fingerprint density at radius 3 is 2.38 bits per heavy atom. The van der Waals surface area contributed by atoms with Crippen LogP contribution in [0.1, 0.15) is 30.7 Å². The summed E-state index contributed by atoms with van der Waals surface area (Å²) in [5.74, 6) is -0.558. The lowest BCUT2D eigenvalue weighted by atomic mass is 9.98. The maximum absolute atomic E-state index is 13.5. The third-order valence-electron chi connectivity index (χ3n) is 4.96. The summed E-state index contributed by atoms with van der Waals surface area (Å²) in [6.07, 6.45) is 2.40. The highest BCUT2D eigenvalue weighted by Crippen LogP contribution is 2.50. The Labute approximate surface area is 179 Å². The van der Waals surface area contributed by atoms with Crippen molar-refractivity contribution in [3.05, 3.63) is 57.3 Å². The number of aliphatic hydroxyl groups excluding tert-OH is 1. The summed E-state index contributed by atoms with van der Waals surface area (Å²) in [7, 11) is -6.63. The van der Waals surface area contributed by atoms with Crippen LogP contribution in [0.5, 0.6) is 0 Å². The van der Waals surface area contributed by atoms with E-state index >= 15 is 0 Å². The summed E-state index contributed by atoms with van der Waals surface area (Å²) in [5, 5.41) is 10.6. The molecule has 0 spiro atoms. The maximum Gasteiger partial charge on any atom is 0.232 e. The van der Waals surface area contributed by atoms with Gasteiger partial charge in [-0.15, -0.1) is 0 Å². The lowest BCUT2D eigenvalue weighted by Gasteiger charge is -2.33. The van der Waals surface area contributed by atoms with Crippen molar-refractivity contribution in [2.45, 2.75) is 18.6 Å². The van der Waals surface area contributed by atoms with Crippen LogP contribution in [0, 0.1) is 0 Å². The quantitative estimate of drug-likeness (QED) is 0.721. The van der Waals surface area contributed by atoms with Crippen molar-refractivity contribution < 1.29 is 21.9 Å². The first kappa shape index (κ1) is 21.9. The predicted octanol–water partition coefficient (Wildman–Crippen LogP) is 3.83. The monoisotopic (exact) mass is 476 g/mol. The smallest absolute Gasteiger partial charge is 0.232 e. The molecule has 1 aliphatic rings. The van der Waals surface area contributed by atoms with E-state index in [4.69, 9.17) is 23.2 Å². The Morgan fingerprint density at radius 2 is 1.79 bits per heavy atom. The third kappa shape index (κ3) is 3.20. The molecule has 1 aromatic carbocycles. The van der Waals surface area contributed by atoms with Crippen molar-refractivity contribution in [1.29, 1.82) is 0 Å². The highest BCUT2D eigenvalue weighted by atomic mass is 35.5. The van der Waals surface area contributed by atoms with Crippen molar-refractivity contribution >= 4 is 59.4 Å². The Kier molecular flexibility index (Phi) is 5.18. The minimum atomic E-state index is -4.14. The molecule has 0 saturated heterocycles. The molecule has 156 valence electrons. The first-order valence-electron chi connectivity index (χ1n) is 8.29. The average Bonchev–Trinajstić information content (AvgIpc) is 2.61. The van der Waals surface area contributed by atoms with Gasteiger partial charge in [0.1, 0.15) is 10.6 Å². The van der Waals surface area contributed by atoms with Crippen LogP contribution in [0.4, 0.5) is 5.69 Å². The van der Waals surface area contributed by atoms with E-state index in [1.807, 2.05) is 0 Å². The van der Waals surface area contributed by atoms with E-state index in [1.54, 1.807) is 12.1 Å². The largest absolute Gasteiger partial charge is 0.504 e. The lowest BCUT2D eigenvalue weighted by molar-refractivity contribution is 0.501. The van der Waals surface area contributed by atoms with Crippen LogP contribution in [0.3, 0.4) is 0 Å². The molecule has 0 bridgehead atoms. The molecule has 2 aromatic rings. The second-order valence-corrected chi connectivity index (χ2v) is 12.3. The van der Waals surface area contributed by atoms with Gasteiger partial charge in [-0.05, 0) is 26.0 Å². The fourth-order valence-corrected chi connectivity index (χ4v) is 6.33. The third-order valence-corrected chi connectivity index (χ3v) is 9.34. The Hall–Kier alpha value is -1.81. The first-order chi connectivity index (χ1) is 13.2. The summed E-state index contributed by atoms with van der Waals surface area (Å²) in [6, 6.07) is 5.83. The van der Waals surface area contributed by atoms with E-state index < -0.39 is 35.3 Å². The van der Waals surface area contributed by atoms with Crippen LogP contribution in [0.15, 0.2) is 30.5 Å². The Bertz CT molecular complexity index is 1270. The summed E-state index contributed by atoms with van der Waals surface area (Å²) in [6.45, 7) is 3.01. The highest BCUT2D eigenvalue weighted by Gasteiger charge is 2.48. The van der Waals surface area contributed by atoms with E-state index in [0.717, 1.165) is 10.6 Å². The number of rotatable bonds is 3. The van der Waals surface area contributed by atoms with Crippen LogP contribution in [-0.4, -0.2) is 40.2 Å². The van der Waals surface area contributed by atoms with E-state index in [-0.39, 0.29) is 27.0 Å². The number of hydrogen-bond acceptors (Lipinski definition) is 6. The molecular weight excluding hydrogens is 459 g/mol. The topological polar surface area (TPSA) is 105 Å². The number of sulfone groups is 1. The fourth-order valence-electron chi connectivity index (χ4n) is 3.16. The van der Waals surface area contributed by atoms with Gasteiger partial charge in [0.15, 0.2) is 15.6 Å². The van der Waals surface area contributed by atoms with Gasteiger partial charge < -0.3 is 5.11 Å². The predicted molar refractivity (Wildman–Crippen MR) is 115 cm³/mol. The molecule has 1 aromatic heterocycles. The minimum absolute atomic E-state index is 0.0118. The second-order valence-electron chi connectivity index (χ2n) is 7.08. The highest BCUT2D eigenvalue weighted by molar-refractivity contribution is 8.01. The maximum atomic E-state index is 13.5. The molecule has 1 N–H and O–H groups in total. The molecule has 0 atom stereocenters. The molecule has 1 aliphatic heterocycles. The summed E-state index contributed by atoms with van der Waals surface area (Å²) in [4.78, 5) is 3.70. The molecule has 7 nitrogen and oxygen atoms in total. The number of pyridine rings is 1. The van der Waals surface area contributed by atoms with Crippen molar-refractivity contribution in [1.82, 2.24) is 4.98 Å². The molecule has 11 heteroatoms. The fraction of sp³-hybridized carbons (Fsp3) is 0.278. The molecule has 0 unspecified atom stereocenters. The van der Waals surface area contributed by atoms with Gasteiger partial charge in [0, 0.05) is 24.4 Å². The molecule has 3 rings (SSSR count). The molecule has 29 heavy (non-hydrogen) atoms. The van der Waals surface area contributed by atoms with Crippen LogP contribution in [0.2, 0.25) is 10.0 Å². The number of halogens is 2. The van der Waals surface area contributed by atoms with Gasteiger partial charge in [-0.3, -0.25) is 9.29 Å². The SMILES string of the molecule is CN(c1c(Cl)ccc(C2=C(O)c3ncccc3C(C)(C)S2(=O)=O)c1Cl)S(C)(=O)=O. The zero-order valence-electron chi connectivity index (χ0n) is 15.9. The van der Waals surface area contributed by atoms with Gasteiger partial charge in [0.25, 0.3) is 0 Å². The number of hydrogen-bond donors (Lipinski definition) is 1. The van der Waals surface area contributed by atoms with Crippen molar-refractivity contribution in [3.8, 4) is 0 Å². The molecular formula is C18H18Cl2N2O5S2. The lowest BCUT2D eigenvalue weighted by Crippen LogP contribution is -2.35. The molecule has 2 heterocycles. The van der Waals surface area contributed by atoms with E-state index in [2.05, 4.69) is 4.98 Å². The van der Waals surface area contributed by atoms with E-state index in [0.29, 0.717) is 5.56 Å². The number of nitrogens with zero attached hydrogens (tertiary/aromatic N) is 2. The Balaban J connectivity index is 2.43. The van der Waals surface area contributed by atoms with Gasteiger partial charge in [0.05, 0.1) is 26.7 Å². The first-order valence-corrected chi connectivity index (χ1v) is 12.4. The minimum Gasteiger partial charge on any atom is -0.504 e. The zero-order chi connectivity index (χ0) is 21.9. The van der Waals surface area contributed by atoms with Gasteiger partial charge in [0.2, 0.25) is 10.0 Å². The number of aromatic nitrogens is 1. The van der Waals surface area contributed by atoms with E-state index in [9.17, 15) is 21.9 Å². The zero-order valence-corrected chi connectivity index (χ0v) is 19.1. The van der Waals surface area contributed by atoms with Gasteiger partial charge >= 0.3 is 0 Å². The summed E-state index contributed by atoms with van der Waals surface area (Å²) < 4.78 is 50.4. The number of sulfonamides is 1. The van der Waals surface area contributed by atoms with Crippen molar-refractivity contribution in [2.24, 2.45) is 0 Å². The number of aliphatic hydroxyl groups is 1. The molecule has 0 fully saturated rings. The van der Waals surface area contributed by atoms with Crippen molar-refractivity contribution in [2.75, 3.05) is 17.6 Å². The standard InChI is InChI=1S/C18H18Cl2N2O5S2/c1-18(2)11-6-5-9-21-14(11)16(23)17(29(18,26)27)10-7-8-12(19)15(13(10)20)22(3)28(4,24)25/h5-9,23H,1-4H3. The molecule has 0 aliphatic carbocycles. The number of benzene rings is 1. The molecule has 0 amide bonds. The second kappa shape index (κ2) is 6.87. The summed E-state index contributed by atoms with van der Waals surface area (Å²) >= 11 is 12.6. The number of anilines is 1. The average molecular weight is 477 g/mol. The number of fused-ring (bicyclic) bond motifs is 1. The Morgan fingerprint density at radius 1 is 1.17 bits per heavy atom. The normalized spacial score (nSPS) is 17.7. The van der Waals surface area contributed by atoms with Gasteiger partial charge in [-0.2, -0.15) is 0 Å². The molecule has 0 radical (unpaired) electrons. The van der Waals surface area contributed by atoms with Gasteiger partial charge in [-0.1, -0.05) is 35.3 Å². The molecule has 0 saturated carbocycles. The van der Waals surface area contributed by atoms with Crippen LogP contribution in [-0.2, 0) is 24.6 Å².